The van der Waals surface area contributed by atoms with Gasteiger partial charge in [-0.05, 0) is 38.0 Å². The van der Waals surface area contributed by atoms with Gasteiger partial charge < -0.3 is 10.4 Å². The molecule has 0 spiro atoms. The van der Waals surface area contributed by atoms with E-state index in [9.17, 15) is 9.50 Å². The minimum absolute atomic E-state index is 0.0401. The molecule has 0 saturated carbocycles. The molecule has 0 heterocycles. The molecular weight excluding hydrogens is 285 g/mol. The number of hydrogen-bond acceptors (Lipinski definition) is 2. The molecule has 2 unspecified atom stereocenters. The van der Waals surface area contributed by atoms with E-state index in [4.69, 9.17) is 0 Å². The Labute approximate surface area is 110 Å². The number of aliphatic hydroxyl groups excluding tert-OH is 1. The summed E-state index contributed by atoms with van der Waals surface area (Å²) in [5.74, 6) is -0.288. The molecule has 0 fully saturated rings. The minimum atomic E-state index is -0.567. The van der Waals surface area contributed by atoms with Crippen LogP contribution in [0.2, 0.25) is 0 Å². The first kappa shape index (κ1) is 14.6. The summed E-state index contributed by atoms with van der Waals surface area (Å²) in [7, 11) is 0. The Bertz CT molecular complexity index is 386. The van der Waals surface area contributed by atoms with E-state index in [0.29, 0.717) is 4.47 Å². The number of nitrogens with one attached hydrogen (secondary N) is 1. The van der Waals surface area contributed by atoms with E-state index in [-0.39, 0.29) is 18.5 Å². The van der Waals surface area contributed by atoms with Crippen LogP contribution in [0.15, 0.2) is 22.7 Å². The van der Waals surface area contributed by atoms with Crippen LogP contribution in [0.3, 0.4) is 0 Å². The lowest BCUT2D eigenvalue weighted by molar-refractivity contribution is 0.162. The van der Waals surface area contributed by atoms with E-state index < -0.39 is 5.54 Å². The molecule has 0 amide bonds. The molecule has 0 aromatic heterocycles. The molecule has 0 radical (unpaired) electrons. The quantitative estimate of drug-likeness (QED) is 0.875. The summed E-state index contributed by atoms with van der Waals surface area (Å²) in [6, 6.07) is 4.81. The third kappa shape index (κ3) is 3.50. The predicted octanol–water partition coefficient (Wildman–Crippen LogP) is 3.18. The molecule has 2 nitrogen and oxygen atoms in total. The molecule has 1 rings (SSSR count). The second-order valence-electron chi connectivity index (χ2n) is 4.57. The van der Waals surface area contributed by atoms with Gasteiger partial charge in [-0.15, -0.1) is 0 Å². The summed E-state index contributed by atoms with van der Waals surface area (Å²) in [6.45, 7) is 6.01. The molecule has 1 aromatic rings. The van der Waals surface area contributed by atoms with Crippen molar-refractivity contribution in [3.05, 3.63) is 34.1 Å². The van der Waals surface area contributed by atoms with Crippen LogP contribution in [-0.4, -0.2) is 17.8 Å². The summed E-state index contributed by atoms with van der Waals surface area (Å²) in [6.07, 6.45) is 0.967. The van der Waals surface area contributed by atoms with Gasteiger partial charge in [0.15, 0.2) is 0 Å². The van der Waals surface area contributed by atoms with Crippen molar-refractivity contribution in [1.82, 2.24) is 5.32 Å². The van der Waals surface area contributed by atoms with Crippen molar-refractivity contribution in [3.8, 4) is 0 Å². The Hall–Kier alpha value is -0.450. The maximum absolute atomic E-state index is 13.1. The van der Waals surface area contributed by atoms with Crippen LogP contribution in [0, 0.1) is 5.82 Å². The summed E-state index contributed by atoms with van der Waals surface area (Å²) < 4.78 is 13.7. The van der Waals surface area contributed by atoms with E-state index in [0.717, 1.165) is 12.0 Å². The molecule has 17 heavy (non-hydrogen) atoms. The highest BCUT2D eigenvalue weighted by atomic mass is 79.9. The summed E-state index contributed by atoms with van der Waals surface area (Å²) in [5.41, 5.74) is 0.295. The minimum Gasteiger partial charge on any atom is -0.394 e. The van der Waals surface area contributed by atoms with Gasteiger partial charge in [-0.25, -0.2) is 4.39 Å². The van der Waals surface area contributed by atoms with Crippen molar-refractivity contribution in [3.63, 3.8) is 0 Å². The van der Waals surface area contributed by atoms with Gasteiger partial charge in [0.05, 0.1) is 12.1 Å². The van der Waals surface area contributed by atoms with E-state index in [1.54, 1.807) is 6.07 Å². The SMILES string of the molecule is CCC(C)NC(C)(CO)c1ccc(F)cc1Br. The van der Waals surface area contributed by atoms with Gasteiger partial charge in [0.25, 0.3) is 0 Å². The fraction of sp³-hybridized carbons (Fsp3) is 0.538. The lowest BCUT2D eigenvalue weighted by Gasteiger charge is -2.33. The predicted molar refractivity (Wildman–Crippen MR) is 71.4 cm³/mol. The van der Waals surface area contributed by atoms with Gasteiger partial charge in [-0.1, -0.05) is 28.9 Å². The first-order chi connectivity index (χ1) is 7.92. The lowest BCUT2D eigenvalue weighted by atomic mass is 9.91. The van der Waals surface area contributed by atoms with Crippen molar-refractivity contribution in [2.45, 2.75) is 38.8 Å². The number of aliphatic hydroxyl groups is 1. The highest BCUT2D eigenvalue weighted by Gasteiger charge is 2.29. The number of hydrogen-bond donors (Lipinski definition) is 2. The van der Waals surface area contributed by atoms with Gasteiger partial charge in [-0.2, -0.15) is 0 Å². The smallest absolute Gasteiger partial charge is 0.124 e. The van der Waals surface area contributed by atoms with Crippen molar-refractivity contribution in [2.24, 2.45) is 0 Å². The fourth-order valence-corrected chi connectivity index (χ4v) is 2.58. The molecule has 0 bridgehead atoms. The Morgan fingerprint density at radius 1 is 1.53 bits per heavy atom. The molecule has 0 aliphatic heterocycles. The van der Waals surface area contributed by atoms with Crippen LogP contribution in [0.5, 0.6) is 0 Å². The van der Waals surface area contributed by atoms with Crippen molar-refractivity contribution in [2.75, 3.05) is 6.61 Å². The first-order valence-electron chi connectivity index (χ1n) is 5.77. The van der Waals surface area contributed by atoms with Gasteiger partial charge in [-0.3, -0.25) is 0 Å². The Morgan fingerprint density at radius 3 is 2.65 bits per heavy atom. The molecule has 4 heteroatoms. The average molecular weight is 304 g/mol. The number of halogens is 2. The molecule has 0 aliphatic rings. The van der Waals surface area contributed by atoms with Crippen LogP contribution >= 0.6 is 15.9 Å². The molecule has 96 valence electrons. The summed E-state index contributed by atoms with van der Waals surface area (Å²) in [4.78, 5) is 0. The monoisotopic (exact) mass is 303 g/mol. The van der Waals surface area contributed by atoms with E-state index in [1.165, 1.54) is 12.1 Å². The highest BCUT2D eigenvalue weighted by molar-refractivity contribution is 9.10. The van der Waals surface area contributed by atoms with Crippen LogP contribution in [0.25, 0.3) is 0 Å². The normalized spacial score (nSPS) is 16.6. The maximum Gasteiger partial charge on any atom is 0.124 e. The summed E-state index contributed by atoms with van der Waals surface area (Å²) in [5, 5.41) is 13.0. The summed E-state index contributed by atoms with van der Waals surface area (Å²) >= 11 is 3.34. The van der Waals surface area contributed by atoms with Crippen LogP contribution in [-0.2, 0) is 5.54 Å². The Kier molecular flexibility index (Phi) is 5.10. The number of benzene rings is 1. The largest absolute Gasteiger partial charge is 0.394 e. The lowest BCUT2D eigenvalue weighted by Crippen LogP contribution is -2.47. The van der Waals surface area contributed by atoms with Crippen LogP contribution in [0.1, 0.15) is 32.8 Å². The zero-order valence-corrected chi connectivity index (χ0v) is 12.0. The maximum atomic E-state index is 13.1. The van der Waals surface area contributed by atoms with Gasteiger partial charge in [0.2, 0.25) is 0 Å². The van der Waals surface area contributed by atoms with E-state index >= 15 is 0 Å². The Morgan fingerprint density at radius 2 is 2.18 bits per heavy atom. The standard InChI is InChI=1S/C13H19BrFNO/c1-4-9(2)16-13(3,8-17)11-6-5-10(15)7-12(11)14/h5-7,9,16-17H,4,8H2,1-3H3. The molecule has 0 saturated heterocycles. The van der Waals surface area contributed by atoms with Crippen LogP contribution in [0.4, 0.5) is 4.39 Å². The molecule has 2 N–H and O–H groups in total. The topological polar surface area (TPSA) is 32.3 Å². The third-order valence-corrected chi connectivity index (χ3v) is 3.68. The second-order valence-corrected chi connectivity index (χ2v) is 5.42. The zero-order valence-electron chi connectivity index (χ0n) is 10.4. The third-order valence-electron chi connectivity index (χ3n) is 3.02. The number of rotatable bonds is 5. The molecule has 1 aromatic carbocycles. The van der Waals surface area contributed by atoms with Gasteiger partial charge >= 0.3 is 0 Å². The Balaban J connectivity index is 3.07. The zero-order chi connectivity index (χ0) is 13.1. The fourth-order valence-electron chi connectivity index (χ4n) is 1.79. The van der Waals surface area contributed by atoms with Crippen molar-refractivity contribution < 1.29 is 9.50 Å². The van der Waals surface area contributed by atoms with Crippen LogP contribution < -0.4 is 5.32 Å². The van der Waals surface area contributed by atoms with Crippen molar-refractivity contribution in [1.29, 1.82) is 0 Å². The van der Waals surface area contributed by atoms with E-state index in [2.05, 4.69) is 35.1 Å². The highest BCUT2D eigenvalue weighted by Crippen LogP contribution is 2.29. The van der Waals surface area contributed by atoms with Gasteiger partial charge in [0.1, 0.15) is 5.82 Å². The first-order valence-corrected chi connectivity index (χ1v) is 6.56. The molecule has 2 atom stereocenters. The van der Waals surface area contributed by atoms with E-state index in [1.807, 2.05) is 6.92 Å². The second kappa shape index (κ2) is 5.94. The van der Waals surface area contributed by atoms with Crippen molar-refractivity contribution >= 4 is 15.9 Å². The molecular formula is C13H19BrFNO. The average Bonchev–Trinajstić information content (AvgIpc) is 2.28. The molecule has 0 aliphatic carbocycles. The van der Waals surface area contributed by atoms with Gasteiger partial charge in [0, 0.05) is 10.5 Å².